The lowest BCUT2D eigenvalue weighted by Crippen LogP contribution is -2.50. The molecular weight excluding hydrogens is 304 g/mol. The second-order valence-corrected chi connectivity index (χ2v) is 8.10. The van der Waals surface area contributed by atoms with Gasteiger partial charge in [0.05, 0.1) is 5.75 Å². The van der Waals surface area contributed by atoms with Gasteiger partial charge in [0, 0.05) is 12.8 Å². The highest BCUT2D eigenvalue weighted by atomic mass is 32.2. The molecular formula is C16H26O5S. The van der Waals surface area contributed by atoms with Gasteiger partial charge in [-0.25, -0.2) is 4.79 Å². The highest BCUT2D eigenvalue weighted by Crippen LogP contribution is 2.52. The summed E-state index contributed by atoms with van der Waals surface area (Å²) in [5.41, 5.74) is 0. The Morgan fingerprint density at radius 1 is 1.36 bits per heavy atom. The molecule has 0 bridgehead atoms. The fourth-order valence-corrected chi connectivity index (χ4v) is 5.11. The molecule has 1 saturated carbocycles. The molecule has 0 aromatic carbocycles. The normalized spacial score (nSPS) is 39.0. The molecule has 1 heterocycles. The fraction of sp³-hybridized carbons (Fsp3) is 0.875. The number of aliphatic carboxylic acids is 1. The first-order valence-electron chi connectivity index (χ1n) is 7.98. The number of thioether (sulfide) groups is 1. The molecule has 0 aromatic rings. The van der Waals surface area contributed by atoms with Gasteiger partial charge in [-0.15, -0.1) is 11.8 Å². The summed E-state index contributed by atoms with van der Waals surface area (Å²) in [4.78, 5) is 21.9. The van der Waals surface area contributed by atoms with Gasteiger partial charge in [0.1, 0.15) is 0 Å². The van der Waals surface area contributed by atoms with Gasteiger partial charge in [-0.05, 0) is 30.6 Å². The van der Waals surface area contributed by atoms with Crippen molar-refractivity contribution in [2.75, 3.05) is 5.75 Å². The van der Waals surface area contributed by atoms with Crippen molar-refractivity contribution >= 4 is 23.7 Å². The van der Waals surface area contributed by atoms with Crippen LogP contribution in [0, 0.1) is 23.7 Å². The monoisotopic (exact) mass is 330 g/mol. The van der Waals surface area contributed by atoms with E-state index in [4.69, 9.17) is 9.47 Å². The highest BCUT2D eigenvalue weighted by Gasteiger charge is 2.57. The summed E-state index contributed by atoms with van der Waals surface area (Å²) in [5, 5.41) is 9.87. The van der Waals surface area contributed by atoms with Gasteiger partial charge in [0.2, 0.25) is 11.2 Å². The molecule has 0 aromatic heterocycles. The van der Waals surface area contributed by atoms with Gasteiger partial charge in [0.15, 0.2) is 0 Å². The number of carboxylic acids is 1. The van der Waals surface area contributed by atoms with Crippen molar-refractivity contribution in [3.05, 3.63) is 0 Å². The molecule has 2 aliphatic rings. The van der Waals surface area contributed by atoms with E-state index >= 15 is 0 Å². The molecule has 0 amide bonds. The third kappa shape index (κ3) is 3.43. The number of carbonyl (C=O) groups is 2. The van der Waals surface area contributed by atoms with Crippen LogP contribution in [0.15, 0.2) is 0 Å². The van der Waals surface area contributed by atoms with Gasteiger partial charge in [0.25, 0.3) is 0 Å². The van der Waals surface area contributed by atoms with Gasteiger partial charge in [-0.1, -0.05) is 27.2 Å². The van der Waals surface area contributed by atoms with Crippen molar-refractivity contribution in [2.24, 2.45) is 23.7 Å². The Bertz CT molecular complexity index is 438. The third-order valence-electron chi connectivity index (χ3n) is 4.85. The zero-order valence-electron chi connectivity index (χ0n) is 13.7. The average molecular weight is 330 g/mol. The van der Waals surface area contributed by atoms with Crippen LogP contribution in [-0.4, -0.2) is 34.0 Å². The minimum absolute atomic E-state index is 0.0562. The van der Waals surface area contributed by atoms with Crippen LogP contribution in [0.2, 0.25) is 0 Å². The zero-order chi connectivity index (χ0) is 16.5. The molecule has 5 nitrogen and oxygen atoms in total. The van der Waals surface area contributed by atoms with Crippen LogP contribution < -0.4 is 0 Å². The molecule has 2 rings (SSSR count). The first-order chi connectivity index (χ1) is 10.3. The number of ether oxygens (including phenoxy) is 2. The predicted octanol–water partition coefficient (Wildman–Crippen LogP) is 3.13. The smallest absolute Gasteiger partial charge is 0.347 e. The van der Waals surface area contributed by atoms with Crippen molar-refractivity contribution in [3.8, 4) is 0 Å². The van der Waals surface area contributed by atoms with Crippen molar-refractivity contribution < 1.29 is 24.2 Å². The molecule has 1 aliphatic carbocycles. The highest BCUT2D eigenvalue weighted by molar-refractivity contribution is 8.01. The van der Waals surface area contributed by atoms with E-state index in [-0.39, 0.29) is 5.92 Å². The number of hydrogen-bond donors (Lipinski definition) is 1. The second kappa shape index (κ2) is 6.79. The van der Waals surface area contributed by atoms with Gasteiger partial charge < -0.3 is 14.6 Å². The van der Waals surface area contributed by atoms with Gasteiger partial charge >= 0.3 is 11.9 Å². The first-order valence-corrected chi connectivity index (χ1v) is 8.97. The summed E-state index contributed by atoms with van der Waals surface area (Å²) in [5.74, 6) is 0.150. The standard InChI is InChI=1S/C16H26O5S/c1-9(2)12-6-5-10(3)7-13(12)16(15(18)19)21-14(8-22-16)20-11(4)17/h9-10,12-14H,5-8H2,1-4H3,(H,18,19)/t10-,12+,13-,14+,16+/m1/s1. The molecule has 0 unspecified atom stereocenters. The average Bonchev–Trinajstić information content (AvgIpc) is 2.82. The van der Waals surface area contributed by atoms with E-state index in [1.54, 1.807) is 0 Å². The quantitative estimate of drug-likeness (QED) is 0.798. The molecule has 1 N–H and O–H groups in total. The van der Waals surface area contributed by atoms with E-state index in [2.05, 4.69) is 20.8 Å². The summed E-state index contributed by atoms with van der Waals surface area (Å²) in [6.07, 6.45) is 2.24. The van der Waals surface area contributed by atoms with Crippen LogP contribution in [0.25, 0.3) is 0 Å². The maximum Gasteiger partial charge on any atom is 0.347 e. The minimum Gasteiger partial charge on any atom is -0.478 e. The molecule has 1 aliphatic heterocycles. The van der Waals surface area contributed by atoms with Crippen molar-refractivity contribution in [3.63, 3.8) is 0 Å². The van der Waals surface area contributed by atoms with Gasteiger partial charge in [-0.2, -0.15) is 0 Å². The second-order valence-electron chi connectivity index (χ2n) is 6.87. The Hall–Kier alpha value is -0.750. The van der Waals surface area contributed by atoms with E-state index in [1.165, 1.54) is 18.7 Å². The largest absolute Gasteiger partial charge is 0.478 e. The van der Waals surface area contributed by atoms with Crippen LogP contribution in [0.1, 0.15) is 47.0 Å². The Morgan fingerprint density at radius 2 is 2.05 bits per heavy atom. The van der Waals surface area contributed by atoms with Crippen LogP contribution >= 0.6 is 11.8 Å². The van der Waals surface area contributed by atoms with Crippen LogP contribution in [0.4, 0.5) is 0 Å². The van der Waals surface area contributed by atoms with E-state index in [9.17, 15) is 14.7 Å². The number of carboxylic acid groups (broad SMARTS) is 1. The lowest BCUT2D eigenvalue weighted by Gasteiger charge is -2.44. The van der Waals surface area contributed by atoms with Crippen molar-refractivity contribution in [1.29, 1.82) is 0 Å². The van der Waals surface area contributed by atoms with Crippen LogP contribution in [0.3, 0.4) is 0 Å². The summed E-state index contributed by atoms with van der Waals surface area (Å²) in [7, 11) is 0. The predicted molar refractivity (Wildman–Crippen MR) is 84.3 cm³/mol. The third-order valence-corrected chi connectivity index (χ3v) is 6.29. The molecule has 5 atom stereocenters. The number of rotatable bonds is 4. The Morgan fingerprint density at radius 3 is 2.59 bits per heavy atom. The fourth-order valence-electron chi connectivity index (χ4n) is 3.80. The topological polar surface area (TPSA) is 72.8 Å². The number of carbonyl (C=O) groups excluding carboxylic acids is 1. The van der Waals surface area contributed by atoms with Gasteiger partial charge in [-0.3, -0.25) is 4.79 Å². The van der Waals surface area contributed by atoms with E-state index < -0.39 is 23.2 Å². The summed E-state index contributed by atoms with van der Waals surface area (Å²) >= 11 is 1.28. The van der Waals surface area contributed by atoms with Crippen molar-refractivity contribution in [1.82, 2.24) is 0 Å². The summed E-state index contributed by atoms with van der Waals surface area (Å²) in [6.45, 7) is 7.77. The van der Waals surface area contributed by atoms with Crippen LogP contribution in [-0.2, 0) is 19.1 Å². The number of esters is 1. The first kappa shape index (κ1) is 17.6. The molecule has 0 spiro atoms. The van der Waals surface area contributed by atoms with Crippen molar-refractivity contribution in [2.45, 2.75) is 58.2 Å². The molecule has 0 radical (unpaired) electrons. The molecule has 2 fully saturated rings. The molecule has 22 heavy (non-hydrogen) atoms. The molecule has 1 saturated heterocycles. The van der Waals surface area contributed by atoms with E-state index in [0.717, 1.165) is 19.3 Å². The Labute approximate surface area is 136 Å². The number of hydrogen-bond acceptors (Lipinski definition) is 5. The maximum absolute atomic E-state index is 12.0. The molecule has 6 heteroatoms. The lowest BCUT2D eigenvalue weighted by atomic mass is 9.67. The zero-order valence-corrected chi connectivity index (χ0v) is 14.5. The molecule has 126 valence electrons. The summed E-state index contributed by atoms with van der Waals surface area (Å²) in [6, 6.07) is 0. The minimum atomic E-state index is -1.29. The van der Waals surface area contributed by atoms with E-state index in [0.29, 0.717) is 23.5 Å². The van der Waals surface area contributed by atoms with E-state index in [1.807, 2.05) is 0 Å². The SMILES string of the molecule is CC(=O)O[C@@H]1CS[C@](C(=O)O)([C@@H]2C[C@H](C)CC[C@H]2C(C)C)O1. The maximum atomic E-state index is 12.0. The Balaban J connectivity index is 2.26. The summed E-state index contributed by atoms with van der Waals surface area (Å²) < 4.78 is 10.9. The lowest BCUT2D eigenvalue weighted by molar-refractivity contribution is -0.204. The Kier molecular flexibility index (Phi) is 5.43. The van der Waals surface area contributed by atoms with Crippen LogP contribution in [0.5, 0.6) is 0 Å².